The number of hydrogen-bond donors (Lipinski definition) is 1. The summed E-state index contributed by atoms with van der Waals surface area (Å²) in [7, 11) is 2.20. The van der Waals surface area contributed by atoms with Crippen molar-refractivity contribution >= 4 is 0 Å². The Labute approximate surface area is 94.2 Å². The van der Waals surface area contributed by atoms with E-state index in [0.717, 1.165) is 26.2 Å². The Morgan fingerprint density at radius 3 is 2.33 bits per heavy atom. The Bertz CT molecular complexity index is 176. The van der Waals surface area contributed by atoms with Crippen molar-refractivity contribution in [3.05, 3.63) is 0 Å². The number of nitrogens with zero attached hydrogens (tertiary/aromatic N) is 1. The largest absolute Gasteiger partial charge is 0.371 e. The molecule has 0 aromatic rings. The van der Waals surface area contributed by atoms with E-state index in [1.807, 2.05) is 0 Å². The minimum Gasteiger partial charge on any atom is -0.371 e. The molecule has 0 spiro atoms. The molecule has 15 heavy (non-hydrogen) atoms. The van der Waals surface area contributed by atoms with Crippen LogP contribution in [-0.4, -0.2) is 49.8 Å². The average Bonchev–Trinajstić information content (AvgIpc) is 2.17. The van der Waals surface area contributed by atoms with E-state index in [1.54, 1.807) is 0 Å². The third-order valence-electron chi connectivity index (χ3n) is 3.46. The van der Waals surface area contributed by atoms with Gasteiger partial charge in [-0.05, 0) is 26.8 Å². The van der Waals surface area contributed by atoms with Crippen molar-refractivity contribution in [2.24, 2.45) is 0 Å². The van der Waals surface area contributed by atoms with Gasteiger partial charge in [-0.25, -0.2) is 0 Å². The van der Waals surface area contributed by atoms with Crippen LogP contribution in [0.3, 0.4) is 0 Å². The van der Waals surface area contributed by atoms with Gasteiger partial charge in [0.1, 0.15) is 0 Å². The van der Waals surface area contributed by atoms with Gasteiger partial charge in [-0.15, -0.1) is 0 Å². The van der Waals surface area contributed by atoms with Gasteiger partial charge in [-0.2, -0.15) is 0 Å². The van der Waals surface area contributed by atoms with E-state index >= 15 is 0 Å². The number of ether oxygens (including phenoxy) is 1. The summed E-state index contributed by atoms with van der Waals surface area (Å²) in [6.07, 6.45) is 2.46. The van der Waals surface area contributed by atoms with Gasteiger partial charge in [-0.3, -0.25) is 0 Å². The fourth-order valence-electron chi connectivity index (χ4n) is 2.11. The van der Waals surface area contributed by atoms with E-state index in [4.69, 9.17) is 4.74 Å². The highest BCUT2D eigenvalue weighted by atomic mass is 16.5. The summed E-state index contributed by atoms with van der Waals surface area (Å²) in [5, 5.41) is 3.25. The van der Waals surface area contributed by atoms with E-state index in [9.17, 15) is 0 Å². The van der Waals surface area contributed by atoms with Crippen molar-refractivity contribution in [2.75, 3.05) is 33.3 Å². The molecule has 1 fully saturated rings. The lowest BCUT2D eigenvalue weighted by atomic mass is 10.0. The van der Waals surface area contributed by atoms with Gasteiger partial charge in [0.25, 0.3) is 0 Å². The second-order valence-corrected chi connectivity index (χ2v) is 4.85. The Morgan fingerprint density at radius 1 is 1.33 bits per heavy atom. The summed E-state index contributed by atoms with van der Waals surface area (Å²) in [5.74, 6) is 0. The van der Waals surface area contributed by atoms with Crippen LogP contribution in [0, 0.1) is 0 Å². The fraction of sp³-hybridized carbons (Fsp3) is 1.00. The highest BCUT2D eigenvalue weighted by Gasteiger charge is 2.32. The standard InChI is InChI=1S/C12H26N2O/c1-5-11(6-2)14(4)7-8-15-12(3)9-13-10-12/h11,13H,5-10H2,1-4H3. The van der Waals surface area contributed by atoms with Crippen molar-refractivity contribution in [3.63, 3.8) is 0 Å². The molecule has 3 heteroatoms. The molecule has 3 nitrogen and oxygen atoms in total. The van der Waals surface area contributed by atoms with Gasteiger partial charge >= 0.3 is 0 Å². The minimum absolute atomic E-state index is 0.106. The van der Waals surface area contributed by atoms with Crippen molar-refractivity contribution in [3.8, 4) is 0 Å². The molecule has 0 saturated carbocycles. The lowest BCUT2D eigenvalue weighted by Crippen LogP contribution is -2.59. The zero-order valence-corrected chi connectivity index (χ0v) is 10.7. The van der Waals surface area contributed by atoms with Crippen LogP contribution in [0.15, 0.2) is 0 Å². The predicted molar refractivity (Wildman–Crippen MR) is 64.2 cm³/mol. The number of hydrogen-bond acceptors (Lipinski definition) is 3. The van der Waals surface area contributed by atoms with Crippen LogP contribution in [-0.2, 0) is 4.74 Å². The molecule has 1 heterocycles. The Kier molecular flexibility index (Phi) is 5.03. The van der Waals surface area contributed by atoms with Crippen molar-refractivity contribution in [1.82, 2.24) is 10.2 Å². The van der Waals surface area contributed by atoms with Crippen molar-refractivity contribution in [2.45, 2.75) is 45.3 Å². The Morgan fingerprint density at radius 2 is 1.93 bits per heavy atom. The van der Waals surface area contributed by atoms with Gasteiger partial charge in [-0.1, -0.05) is 13.8 Å². The van der Waals surface area contributed by atoms with Gasteiger partial charge in [0.2, 0.25) is 0 Å². The lowest BCUT2D eigenvalue weighted by molar-refractivity contribution is -0.0729. The zero-order valence-electron chi connectivity index (χ0n) is 10.7. The van der Waals surface area contributed by atoms with Crippen molar-refractivity contribution < 1.29 is 4.74 Å². The molecular formula is C12H26N2O. The summed E-state index contributed by atoms with van der Waals surface area (Å²) < 4.78 is 5.87. The first-order valence-corrected chi connectivity index (χ1v) is 6.16. The maximum atomic E-state index is 5.87. The van der Waals surface area contributed by atoms with E-state index in [1.165, 1.54) is 12.8 Å². The monoisotopic (exact) mass is 214 g/mol. The summed E-state index contributed by atoms with van der Waals surface area (Å²) >= 11 is 0. The van der Waals surface area contributed by atoms with Crippen LogP contribution in [0.4, 0.5) is 0 Å². The van der Waals surface area contributed by atoms with Gasteiger partial charge in [0, 0.05) is 25.7 Å². The molecule has 0 aliphatic carbocycles. The normalized spacial score (nSPS) is 19.6. The molecule has 1 saturated heterocycles. The van der Waals surface area contributed by atoms with Gasteiger partial charge in [0.05, 0.1) is 12.2 Å². The molecule has 1 rings (SSSR count). The summed E-state index contributed by atoms with van der Waals surface area (Å²) in [6.45, 7) is 10.6. The summed E-state index contributed by atoms with van der Waals surface area (Å²) in [4.78, 5) is 2.41. The van der Waals surface area contributed by atoms with E-state index < -0.39 is 0 Å². The molecule has 0 aromatic carbocycles. The predicted octanol–water partition coefficient (Wildman–Crippen LogP) is 1.49. The second kappa shape index (κ2) is 5.83. The maximum Gasteiger partial charge on any atom is 0.0902 e. The van der Waals surface area contributed by atoms with E-state index in [0.29, 0.717) is 6.04 Å². The zero-order chi connectivity index (χ0) is 11.3. The van der Waals surface area contributed by atoms with Crippen LogP contribution < -0.4 is 5.32 Å². The molecule has 0 radical (unpaired) electrons. The molecule has 1 aliphatic rings. The average molecular weight is 214 g/mol. The first-order chi connectivity index (χ1) is 7.11. The molecule has 0 bridgehead atoms. The molecule has 1 N–H and O–H groups in total. The molecule has 0 atom stereocenters. The topological polar surface area (TPSA) is 24.5 Å². The van der Waals surface area contributed by atoms with Crippen LogP contribution in [0.5, 0.6) is 0 Å². The first kappa shape index (κ1) is 12.9. The summed E-state index contributed by atoms with van der Waals surface area (Å²) in [6, 6.07) is 0.709. The molecule has 0 aromatic heterocycles. The summed E-state index contributed by atoms with van der Waals surface area (Å²) in [5.41, 5.74) is 0.106. The van der Waals surface area contributed by atoms with Crippen molar-refractivity contribution in [1.29, 1.82) is 0 Å². The van der Waals surface area contributed by atoms with Gasteiger partial charge < -0.3 is 15.0 Å². The van der Waals surface area contributed by atoms with Crippen LogP contribution in [0.25, 0.3) is 0 Å². The second-order valence-electron chi connectivity index (χ2n) is 4.85. The minimum atomic E-state index is 0.106. The Balaban J connectivity index is 2.13. The molecule has 1 aliphatic heterocycles. The Hall–Kier alpha value is -0.120. The van der Waals surface area contributed by atoms with Crippen LogP contribution in [0.2, 0.25) is 0 Å². The quantitative estimate of drug-likeness (QED) is 0.695. The third kappa shape index (κ3) is 3.74. The SMILES string of the molecule is CCC(CC)N(C)CCOC1(C)CNC1. The molecule has 90 valence electrons. The molecule has 0 amide bonds. The maximum absolute atomic E-state index is 5.87. The van der Waals surface area contributed by atoms with E-state index in [2.05, 4.69) is 38.0 Å². The van der Waals surface area contributed by atoms with Crippen LogP contribution in [0.1, 0.15) is 33.6 Å². The van der Waals surface area contributed by atoms with Crippen LogP contribution >= 0.6 is 0 Å². The number of likely N-dealkylation sites (N-methyl/N-ethyl adjacent to an activating group) is 1. The first-order valence-electron chi connectivity index (χ1n) is 6.16. The number of rotatable bonds is 7. The highest BCUT2D eigenvalue weighted by Crippen LogP contribution is 2.15. The lowest BCUT2D eigenvalue weighted by Gasteiger charge is -2.39. The molecular weight excluding hydrogens is 188 g/mol. The third-order valence-corrected chi connectivity index (χ3v) is 3.46. The molecule has 0 unspecified atom stereocenters. The highest BCUT2D eigenvalue weighted by molar-refractivity contribution is 4.90. The fourth-order valence-corrected chi connectivity index (χ4v) is 2.11. The smallest absolute Gasteiger partial charge is 0.0902 e. The number of nitrogens with one attached hydrogen (secondary N) is 1. The van der Waals surface area contributed by atoms with E-state index in [-0.39, 0.29) is 5.60 Å². The van der Waals surface area contributed by atoms with Gasteiger partial charge in [0.15, 0.2) is 0 Å².